The Morgan fingerprint density at radius 1 is 1.04 bits per heavy atom. The Balaban J connectivity index is 1.45. The number of nitrogens with one attached hydrogen (secondary N) is 3. The van der Waals surface area contributed by atoms with E-state index in [9.17, 15) is 36.0 Å². The van der Waals surface area contributed by atoms with Crippen molar-refractivity contribution < 1.29 is 44.9 Å². The molecule has 14 nitrogen and oxygen atoms in total. The van der Waals surface area contributed by atoms with E-state index in [0.717, 1.165) is 6.42 Å². The van der Waals surface area contributed by atoms with Crippen LogP contribution in [0.25, 0.3) is 0 Å². The Morgan fingerprint density at radius 3 is 2.36 bits per heavy atom. The molecule has 3 fully saturated rings. The minimum atomic E-state index is -4.33. The Morgan fingerprint density at radius 2 is 1.72 bits per heavy atom. The van der Waals surface area contributed by atoms with Gasteiger partial charge in [-0.2, -0.15) is 8.42 Å². The van der Waals surface area contributed by atoms with Crippen molar-refractivity contribution in [2.24, 2.45) is 5.92 Å². The molecule has 1 aromatic carbocycles. The van der Waals surface area contributed by atoms with E-state index in [2.05, 4.69) is 31.3 Å². The lowest BCUT2D eigenvalue weighted by atomic mass is 10.0. The van der Waals surface area contributed by atoms with Crippen LogP contribution >= 0.6 is 15.9 Å². The highest BCUT2D eigenvalue weighted by molar-refractivity contribution is 9.10. The highest BCUT2D eigenvalue weighted by atomic mass is 79.9. The van der Waals surface area contributed by atoms with Gasteiger partial charge in [-0.3, -0.25) is 23.3 Å². The van der Waals surface area contributed by atoms with Crippen molar-refractivity contribution in [2.45, 2.75) is 124 Å². The summed E-state index contributed by atoms with van der Waals surface area (Å²) in [4.78, 5) is 56.0. The van der Waals surface area contributed by atoms with E-state index in [1.54, 1.807) is 33.8 Å². The highest BCUT2D eigenvalue weighted by Crippen LogP contribution is 2.47. The summed E-state index contributed by atoms with van der Waals surface area (Å²) in [6.45, 7) is 6.28. The maximum absolute atomic E-state index is 14.2. The van der Waals surface area contributed by atoms with Crippen LogP contribution in [0.15, 0.2) is 45.8 Å². The van der Waals surface area contributed by atoms with Gasteiger partial charge in [0.15, 0.2) is 0 Å². The van der Waals surface area contributed by atoms with Crippen molar-refractivity contribution >= 4 is 59.9 Å². The van der Waals surface area contributed by atoms with Gasteiger partial charge in [-0.1, -0.05) is 40.9 Å². The van der Waals surface area contributed by atoms with Gasteiger partial charge in [0.25, 0.3) is 16.0 Å². The number of carbonyl (C=O) groups excluding carboxylic acids is 4. The molecule has 5 rings (SSSR count). The fraction of sp³-hybridized carbons (Fsp3) is 0.636. The first-order valence-corrected chi connectivity index (χ1v) is 20.5. The smallest absolute Gasteiger partial charge is 0.408 e. The molecule has 0 radical (unpaired) electrons. The van der Waals surface area contributed by atoms with Crippen LogP contribution < -0.4 is 15.4 Å². The molecule has 2 saturated carbocycles. The zero-order chi connectivity index (χ0) is 36.7. The summed E-state index contributed by atoms with van der Waals surface area (Å²) in [5, 5.41) is 5.38. The SMILES string of the molecule is CC(C)(C)OC(=O)N[C@H]1CCCCC/C=C\[C@@H]2C[C@@]2(C(=O)NS(=O)(=O)C2(C)CC2)NC(=O)[C@@H]2C[C@H](OS(=O)(=O)c3ccc(Br)cc3)CN2C1=O. The number of amides is 4. The van der Waals surface area contributed by atoms with Gasteiger partial charge in [-0.15, -0.1) is 0 Å². The number of benzene rings is 1. The molecule has 0 bridgehead atoms. The average Bonchev–Trinajstić information content (AvgIpc) is 3.89. The monoisotopic (exact) mass is 800 g/mol. The van der Waals surface area contributed by atoms with Crippen LogP contribution in [-0.2, 0) is 43.4 Å². The molecule has 1 aromatic rings. The van der Waals surface area contributed by atoms with E-state index < -0.39 is 83.9 Å². The fourth-order valence-electron chi connectivity index (χ4n) is 6.22. The summed E-state index contributed by atoms with van der Waals surface area (Å²) >= 11 is 3.27. The largest absolute Gasteiger partial charge is 0.444 e. The lowest BCUT2D eigenvalue weighted by Crippen LogP contribution is -2.58. The number of allylic oxidation sites excluding steroid dienone is 1. The standard InChI is InChI=1S/C33H45BrN4O10S2/c1-31(2,3)47-30(42)35-25-11-9-7-5-6-8-10-21-19-33(21,29(41)37-50(45,46)32(4)16-17-32)36-27(39)26-18-23(20-38(26)28(25)40)48-49(43,44)24-14-12-22(34)13-15-24/h8,10,12-15,21,23,25-26H,5-7,9,11,16-20H2,1-4H3,(H,35,42)(H,36,39)(H,37,41)/b10-8-/t21-,23+,25+,26+,33-/m1/s1. The van der Waals surface area contributed by atoms with Crippen molar-refractivity contribution in [3.8, 4) is 0 Å². The molecule has 0 unspecified atom stereocenters. The zero-order valence-electron chi connectivity index (χ0n) is 28.6. The third-order valence-electron chi connectivity index (χ3n) is 9.53. The normalized spacial score (nSPS) is 29.3. The van der Waals surface area contributed by atoms with Gasteiger partial charge in [0.2, 0.25) is 21.8 Å². The molecule has 17 heteroatoms. The van der Waals surface area contributed by atoms with Crippen molar-refractivity contribution in [3.05, 3.63) is 40.9 Å². The van der Waals surface area contributed by atoms with Crippen molar-refractivity contribution in [1.82, 2.24) is 20.3 Å². The number of rotatable bonds is 7. The summed E-state index contributed by atoms with van der Waals surface area (Å²) < 4.78 is 65.3. The molecule has 5 atom stereocenters. The van der Waals surface area contributed by atoms with Gasteiger partial charge in [-0.25, -0.2) is 13.2 Å². The third-order valence-corrected chi connectivity index (χ3v) is 13.6. The molecule has 2 aliphatic carbocycles. The second kappa shape index (κ2) is 14.2. The number of nitrogens with zero attached hydrogens (tertiary/aromatic N) is 1. The third kappa shape index (κ3) is 8.70. The minimum Gasteiger partial charge on any atom is -0.444 e. The van der Waals surface area contributed by atoms with Crippen molar-refractivity contribution in [3.63, 3.8) is 0 Å². The number of alkyl carbamates (subject to hydrolysis) is 1. The predicted molar refractivity (Wildman–Crippen MR) is 185 cm³/mol. The number of fused-ring (bicyclic) bond motifs is 2. The molecule has 0 aromatic heterocycles. The summed E-state index contributed by atoms with van der Waals surface area (Å²) in [6.07, 6.45) is 5.27. The second-order valence-corrected chi connectivity index (χ2v) is 19.5. The topological polar surface area (TPSA) is 194 Å². The lowest BCUT2D eigenvalue weighted by Gasteiger charge is -2.30. The zero-order valence-corrected chi connectivity index (χ0v) is 31.8. The van der Waals surface area contributed by atoms with Gasteiger partial charge in [0.1, 0.15) is 23.2 Å². The highest BCUT2D eigenvalue weighted by Gasteiger charge is 2.63. The number of ether oxygens (including phenoxy) is 1. The first-order chi connectivity index (χ1) is 23.3. The van der Waals surface area contributed by atoms with Crippen molar-refractivity contribution in [2.75, 3.05) is 6.54 Å². The summed E-state index contributed by atoms with van der Waals surface area (Å²) in [6, 6.07) is 3.35. The molecule has 1 saturated heterocycles. The maximum atomic E-state index is 14.2. The van der Waals surface area contributed by atoms with Gasteiger partial charge in [-0.05, 0) is 90.5 Å². The molecule has 4 amide bonds. The van der Waals surface area contributed by atoms with Crippen LogP contribution in [0, 0.1) is 5.92 Å². The van der Waals surface area contributed by atoms with Crippen LogP contribution in [0.5, 0.6) is 0 Å². The molecule has 276 valence electrons. The van der Waals surface area contributed by atoms with E-state index in [1.165, 1.54) is 29.2 Å². The number of sulfonamides is 1. The van der Waals surface area contributed by atoms with Crippen molar-refractivity contribution in [1.29, 1.82) is 0 Å². The van der Waals surface area contributed by atoms with E-state index in [0.29, 0.717) is 36.6 Å². The van der Waals surface area contributed by atoms with E-state index in [4.69, 9.17) is 8.92 Å². The molecular formula is C33H45BrN4O10S2. The summed E-state index contributed by atoms with van der Waals surface area (Å²) in [7, 11) is -8.35. The molecule has 2 aliphatic heterocycles. The molecule has 3 N–H and O–H groups in total. The molecule has 4 aliphatic rings. The van der Waals surface area contributed by atoms with Crippen LogP contribution in [0.2, 0.25) is 0 Å². The number of carbonyl (C=O) groups is 4. The van der Waals surface area contributed by atoms with Crippen LogP contribution in [0.3, 0.4) is 0 Å². The fourth-order valence-corrected chi connectivity index (χ4v) is 8.87. The summed E-state index contributed by atoms with van der Waals surface area (Å²) in [5.41, 5.74) is -2.45. The Hall–Kier alpha value is -3.02. The predicted octanol–water partition coefficient (Wildman–Crippen LogP) is 3.41. The maximum Gasteiger partial charge on any atom is 0.408 e. The first-order valence-electron chi connectivity index (χ1n) is 16.8. The Bertz CT molecular complexity index is 1760. The Kier molecular flexibility index (Phi) is 10.8. The first kappa shape index (κ1) is 38.2. The van der Waals surface area contributed by atoms with Crippen LogP contribution in [0.1, 0.15) is 85.5 Å². The van der Waals surface area contributed by atoms with Gasteiger partial charge in [0, 0.05) is 23.4 Å². The molecule has 50 heavy (non-hydrogen) atoms. The number of halogens is 1. The minimum absolute atomic E-state index is 0.126. The van der Waals surface area contributed by atoms with E-state index >= 15 is 0 Å². The Labute approximate surface area is 301 Å². The molecule has 2 heterocycles. The van der Waals surface area contributed by atoms with Gasteiger partial charge >= 0.3 is 6.09 Å². The second-order valence-electron chi connectivity index (χ2n) is 14.8. The van der Waals surface area contributed by atoms with Gasteiger partial charge in [0.05, 0.1) is 15.7 Å². The average molecular weight is 802 g/mol. The summed E-state index contributed by atoms with van der Waals surface area (Å²) in [5.74, 6) is -2.80. The van der Waals surface area contributed by atoms with E-state index in [-0.39, 0.29) is 30.7 Å². The van der Waals surface area contributed by atoms with Crippen LogP contribution in [0.4, 0.5) is 4.79 Å². The van der Waals surface area contributed by atoms with E-state index in [1.807, 2.05) is 6.08 Å². The quantitative estimate of drug-likeness (QED) is 0.272. The van der Waals surface area contributed by atoms with Gasteiger partial charge < -0.3 is 20.3 Å². The van der Waals surface area contributed by atoms with Crippen LogP contribution in [-0.4, -0.2) is 86.2 Å². The molecular weight excluding hydrogens is 756 g/mol. The number of hydrogen-bond donors (Lipinski definition) is 3. The lowest BCUT2D eigenvalue weighted by molar-refractivity contribution is -0.141. The molecule has 0 spiro atoms. The number of hydrogen-bond acceptors (Lipinski definition) is 10.